The molecule has 0 saturated carbocycles. The summed E-state index contributed by atoms with van der Waals surface area (Å²) in [6.45, 7) is 4.69. The lowest BCUT2D eigenvalue weighted by molar-refractivity contribution is 0.489. The summed E-state index contributed by atoms with van der Waals surface area (Å²) in [5, 5.41) is 2.25. The molecule has 0 radical (unpaired) electrons. The molecule has 1 heterocycles. The van der Waals surface area contributed by atoms with E-state index in [1.807, 2.05) is 0 Å². The lowest BCUT2D eigenvalue weighted by Crippen LogP contribution is -2.17. The topological polar surface area (TPSA) is 15.7 Å². The van der Waals surface area contributed by atoms with Crippen LogP contribution in [0.5, 0.6) is 11.5 Å². The zero-order valence-electron chi connectivity index (χ0n) is 32.4. The van der Waals surface area contributed by atoms with Gasteiger partial charge in [-0.1, -0.05) is 159 Å². The Balaban J connectivity index is 1.13. The number of ether oxygens (including phenoxy) is 1. The number of rotatable bonds is 7. The normalized spacial score (nSPS) is 12.9. The third-order valence-electron chi connectivity index (χ3n) is 12.0. The summed E-state index contributed by atoms with van der Waals surface area (Å²) in [4.78, 5) is 4.69. The number of anilines is 6. The fourth-order valence-electron chi connectivity index (χ4n) is 9.23. The molecule has 0 saturated heterocycles. The molecule has 3 nitrogen and oxygen atoms in total. The van der Waals surface area contributed by atoms with Crippen molar-refractivity contribution in [3.05, 3.63) is 217 Å². The molecule has 11 rings (SSSR count). The molecule has 0 N–H and O–H groups in total. The van der Waals surface area contributed by atoms with Gasteiger partial charge in [0.1, 0.15) is 0 Å². The van der Waals surface area contributed by atoms with Crippen LogP contribution in [0.4, 0.5) is 34.1 Å². The van der Waals surface area contributed by atoms with Crippen molar-refractivity contribution in [2.45, 2.75) is 19.3 Å². The molecule has 0 unspecified atom stereocenters. The van der Waals surface area contributed by atoms with Crippen LogP contribution in [-0.2, 0) is 5.41 Å². The van der Waals surface area contributed by atoms with Gasteiger partial charge < -0.3 is 14.5 Å². The number of hydrogen-bond donors (Lipinski definition) is 0. The molecule has 9 aromatic carbocycles. The molecule has 9 aromatic rings. The molecule has 3 heteroatoms. The maximum absolute atomic E-state index is 7.45. The molecule has 276 valence electrons. The Bertz CT molecular complexity index is 2950. The molecule has 0 amide bonds. The van der Waals surface area contributed by atoms with Crippen LogP contribution in [-0.4, -0.2) is 0 Å². The number of hydrogen-bond acceptors (Lipinski definition) is 3. The third-order valence-corrected chi connectivity index (χ3v) is 12.0. The van der Waals surface area contributed by atoms with Gasteiger partial charge in [0.25, 0.3) is 0 Å². The van der Waals surface area contributed by atoms with Crippen molar-refractivity contribution < 1.29 is 4.74 Å². The van der Waals surface area contributed by atoms with Gasteiger partial charge in [0, 0.05) is 39.1 Å². The molecule has 0 atom stereocenters. The van der Waals surface area contributed by atoms with Gasteiger partial charge in [-0.2, -0.15) is 0 Å². The zero-order chi connectivity index (χ0) is 38.8. The summed E-state index contributed by atoms with van der Waals surface area (Å²) < 4.78 is 7.45. The SMILES string of the molecule is CC1(C)c2ccccc2-c2ccc(N(c3ccc(-c4ccccc4)cc3)c3cccc4c3Oc3c(N(c5ccccc5)c5ccccc5)ccc5cccc-4c35)cc21. The molecule has 0 aromatic heterocycles. The molecule has 0 bridgehead atoms. The lowest BCUT2D eigenvalue weighted by Gasteiger charge is -2.34. The quantitative estimate of drug-likeness (QED) is 0.162. The average Bonchev–Trinajstić information content (AvgIpc) is 3.51. The van der Waals surface area contributed by atoms with Gasteiger partial charge in [-0.15, -0.1) is 0 Å². The van der Waals surface area contributed by atoms with E-state index in [4.69, 9.17) is 4.74 Å². The van der Waals surface area contributed by atoms with E-state index in [1.54, 1.807) is 0 Å². The zero-order valence-corrected chi connectivity index (χ0v) is 32.4. The monoisotopic (exact) mass is 744 g/mol. The highest BCUT2D eigenvalue weighted by Crippen LogP contribution is 2.57. The van der Waals surface area contributed by atoms with Crippen LogP contribution in [0.15, 0.2) is 206 Å². The van der Waals surface area contributed by atoms with E-state index < -0.39 is 0 Å². The number of para-hydroxylation sites is 3. The first-order valence-corrected chi connectivity index (χ1v) is 20.0. The minimum Gasteiger partial charge on any atom is -0.452 e. The summed E-state index contributed by atoms with van der Waals surface area (Å²) in [5.41, 5.74) is 15.9. The van der Waals surface area contributed by atoms with Gasteiger partial charge in [0.2, 0.25) is 0 Å². The van der Waals surface area contributed by atoms with Crippen molar-refractivity contribution in [2.75, 3.05) is 9.80 Å². The minimum absolute atomic E-state index is 0.154. The van der Waals surface area contributed by atoms with E-state index >= 15 is 0 Å². The molecule has 58 heavy (non-hydrogen) atoms. The third kappa shape index (κ3) is 5.35. The van der Waals surface area contributed by atoms with Crippen molar-refractivity contribution in [1.29, 1.82) is 0 Å². The van der Waals surface area contributed by atoms with Crippen LogP contribution in [0.3, 0.4) is 0 Å². The summed E-state index contributed by atoms with van der Waals surface area (Å²) >= 11 is 0. The molecule has 0 fully saturated rings. The van der Waals surface area contributed by atoms with Crippen molar-refractivity contribution in [1.82, 2.24) is 0 Å². The van der Waals surface area contributed by atoms with Crippen molar-refractivity contribution in [3.63, 3.8) is 0 Å². The van der Waals surface area contributed by atoms with Gasteiger partial charge in [-0.25, -0.2) is 0 Å². The van der Waals surface area contributed by atoms with Crippen molar-refractivity contribution >= 4 is 44.9 Å². The van der Waals surface area contributed by atoms with Crippen LogP contribution in [0.25, 0.3) is 44.2 Å². The predicted octanol–water partition coefficient (Wildman–Crippen LogP) is 15.5. The van der Waals surface area contributed by atoms with Gasteiger partial charge in [0.05, 0.1) is 11.4 Å². The molecule has 1 aliphatic carbocycles. The summed E-state index contributed by atoms with van der Waals surface area (Å²) in [7, 11) is 0. The number of benzene rings is 9. The van der Waals surface area contributed by atoms with Crippen molar-refractivity contribution in [2.24, 2.45) is 0 Å². The second kappa shape index (κ2) is 13.4. The van der Waals surface area contributed by atoms with E-state index in [9.17, 15) is 0 Å². The van der Waals surface area contributed by atoms with Crippen LogP contribution >= 0.6 is 0 Å². The standard InChI is InChI=1S/C55H40N2O/c1-55(2)48-26-13-12-23-44(48)45-34-33-43(36-49(45)55)57(42-31-28-38(29-32-42)37-16-6-3-7-17-37)50-27-15-25-47-46-24-14-18-39-30-35-51(54(52(39)46)58-53(47)50)56(40-19-8-4-9-20-40)41-21-10-5-11-22-41/h3-36H,1-2H3. The molecule has 0 spiro atoms. The van der Waals surface area contributed by atoms with Crippen LogP contribution < -0.4 is 14.5 Å². The molecule has 2 aliphatic rings. The van der Waals surface area contributed by atoms with E-state index in [2.05, 4.69) is 230 Å². The average molecular weight is 745 g/mol. The molecule has 1 aliphatic heterocycles. The Morgan fingerprint density at radius 3 is 1.64 bits per heavy atom. The fourth-order valence-corrected chi connectivity index (χ4v) is 9.23. The van der Waals surface area contributed by atoms with Crippen LogP contribution in [0.1, 0.15) is 25.0 Å². The van der Waals surface area contributed by atoms with Gasteiger partial charge in [0.15, 0.2) is 11.5 Å². The first-order chi connectivity index (χ1) is 28.5. The van der Waals surface area contributed by atoms with Crippen LogP contribution in [0, 0.1) is 0 Å². The Hall–Kier alpha value is -7.36. The number of nitrogens with zero attached hydrogens (tertiary/aromatic N) is 2. The lowest BCUT2D eigenvalue weighted by atomic mass is 9.82. The Kier molecular flexibility index (Phi) is 7.84. The first kappa shape index (κ1) is 33.9. The summed E-state index contributed by atoms with van der Waals surface area (Å²) in [5.74, 6) is 1.66. The second-order valence-electron chi connectivity index (χ2n) is 15.7. The van der Waals surface area contributed by atoms with E-state index in [1.165, 1.54) is 33.4 Å². The first-order valence-electron chi connectivity index (χ1n) is 20.0. The highest BCUT2D eigenvalue weighted by atomic mass is 16.5. The second-order valence-corrected chi connectivity index (χ2v) is 15.7. The highest BCUT2D eigenvalue weighted by Gasteiger charge is 2.36. The summed E-state index contributed by atoms with van der Waals surface area (Å²) in [6, 6.07) is 74.1. The Labute approximate surface area is 339 Å². The highest BCUT2D eigenvalue weighted by molar-refractivity contribution is 6.09. The van der Waals surface area contributed by atoms with Gasteiger partial charge in [-0.3, -0.25) is 0 Å². The minimum atomic E-state index is -0.154. The van der Waals surface area contributed by atoms with E-state index in [0.29, 0.717) is 0 Å². The van der Waals surface area contributed by atoms with E-state index in [0.717, 1.165) is 67.5 Å². The largest absolute Gasteiger partial charge is 0.452 e. The van der Waals surface area contributed by atoms with Gasteiger partial charge >= 0.3 is 0 Å². The molecular formula is C55H40N2O. The molecular weight excluding hydrogens is 705 g/mol. The maximum Gasteiger partial charge on any atom is 0.160 e. The van der Waals surface area contributed by atoms with Crippen LogP contribution in [0.2, 0.25) is 0 Å². The Morgan fingerprint density at radius 2 is 0.897 bits per heavy atom. The predicted molar refractivity (Wildman–Crippen MR) is 242 cm³/mol. The Morgan fingerprint density at radius 1 is 0.362 bits per heavy atom. The fraction of sp³-hybridized carbons (Fsp3) is 0.0545. The maximum atomic E-state index is 7.45. The van der Waals surface area contributed by atoms with Gasteiger partial charge in [-0.05, 0) is 105 Å². The summed E-state index contributed by atoms with van der Waals surface area (Å²) in [6.07, 6.45) is 0. The van der Waals surface area contributed by atoms with E-state index in [-0.39, 0.29) is 5.41 Å². The van der Waals surface area contributed by atoms with Crippen molar-refractivity contribution in [3.8, 4) is 44.9 Å². The smallest absolute Gasteiger partial charge is 0.160 e. The number of fused-ring (bicyclic) bond motifs is 5.